The molecule has 0 fully saturated rings. The zero-order chi connectivity index (χ0) is 9.84. The molecule has 0 aliphatic heterocycles. The SMILES string of the molecule is CN=C(F)NC1=C(C)CC(C)C=C1. The minimum Gasteiger partial charge on any atom is -0.316 e. The number of nitrogens with zero attached hydrogens (tertiary/aromatic N) is 1. The lowest BCUT2D eigenvalue weighted by atomic mass is 9.95. The number of hydrogen-bond acceptors (Lipinski definition) is 1. The van der Waals surface area contributed by atoms with Gasteiger partial charge in [-0.3, -0.25) is 0 Å². The maximum Gasteiger partial charge on any atom is 0.282 e. The van der Waals surface area contributed by atoms with Crippen LogP contribution >= 0.6 is 0 Å². The van der Waals surface area contributed by atoms with Gasteiger partial charge in [0.05, 0.1) is 0 Å². The molecule has 1 rings (SSSR count). The molecule has 2 nitrogen and oxygen atoms in total. The van der Waals surface area contributed by atoms with Gasteiger partial charge in [-0.1, -0.05) is 13.0 Å². The Labute approximate surface area is 78.2 Å². The van der Waals surface area contributed by atoms with Crippen LogP contribution in [0.15, 0.2) is 28.4 Å². The highest BCUT2D eigenvalue weighted by Gasteiger charge is 2.10. The van der Waals surface area contributed by atoms with Gasteiger partial charge in [-0.25, -0.2) is 4.99 Å². The number of halogens is 1. The molecule has 1 aliphatic carbocycles. The van der Waals surface area contributed by atoms with Crippen molar-refractivity contribution in [3.05, 3.63) is 23.4 Å². The summed E-state index contributed by atoms with van der Waals surface area (Å²) < 4.78 is 12.8. The molecule has 0 radical (unpaired) electrons. The first-order chi connectivity index (χ1) is 6.13. The van der Waals surface area contributed by atoms with E-state index in [4.69, 9.17) is 0 Å². The van der Waals surface area contributed by atoms with Crippen molar-refractivity contribution in [3.8, 4) is 0 Å². The van der Waals surface area contributed by atoms with Crippen LogP contribution in [0.2, 0.25) is 0 Å². The van der Waals surface area contributed by atoms with Crippen molar-refractivity contribution >= 4 is 6.09 Å². The third-order valence-corrected chi connectivity index (χ3v) is 2.11. The van der Waals surface area contributed by atoms with Crippen LogP contribution in [0.3, 0.4) is 0 Å². The smallest absolute Gasteiger partial charge is 0.282 e. The first-order valence-electron chi connectivity index (χ1n) is 4.40. The summed E-state index contributed by atoms with van der Waals surface area (Å²) in [6, 6.07) is 0. The highest BCUT2D eigenvalue weighted by Crippen LogP contribution is 2.21. The Morgan fingerprint density at radius 1 is 1.69 bits per heavy atom. The van der Waals surface area contributed by atoms with Crippen LogP contribution < -0.4 is 5.32 Å². The Morgan fingerprint density at radius 2 is 2.38 bits per heavy atom. The van der Waals surface area contributed by atoms with Gasteiger partial charge in [-0.05, 0) is 30.9 Å². The van der Waals surface area contributed by atoms with Gasteiger partial charge in [0.15, 0.2) is 0 Å². The second-order valence-electron chi connectivity index (χ2n) is 3.37. The summed E-state index contributed by atoms with van der Waals surface area (Å²) in [5.41, 5.74) is 2.01. The monoisotopic (exact) mass is 182 g/mol. The molecular formula is C10H15FN2. The van der Waals surface area contributed by atoms with Crippen molar-refractivity contribution in [1.29, 1.82) is 0 Å². The minimum atomic E-state index is -0.534. The molecule has 13 heavy (non-hydrogen) atoms. The van der Waals surface area contributed by atoms with Gasteiger partial charge >= 0.3 is 0 Å². The number of rotatable bonds is 1. The van der Waals surface area contributed by atoms with Crippen LogP contribution in [-0.4, -0.2) is 13.1 Å². The molecule has 0 aromatic heterocycles. The van der Waals surface area contributed by atoms with Gasteiger partial charge in [0.1, 0.15) is 0 Å². The van der Waals surface area contributed by atoms with Crippen molar-refractivity contribution in [1.82, 2.24) is 5.32 Å². The lowest BCUT2D eigenvalue weighted by Gasteiger charge is -2.17. The summed E-state index contributed by atoms with van der Waals surface area (Å²) >= 11 is 0. The Hall–Kier alpha value is -1.12. The first kappa shape index (κ1) is 9.96. The highest BCUT2D eigenvalue weighted by molar-refractivity contribution is 5.74. The van der Waals surface area contributed by atoms with Crippen LogP contribution in [0.25, 0.3) is 0 Å². The van der Waals surface area contributed by atoms with Crippen molar-refractivity contribution in [2.75, 3.05) is 7.05 Å². The number of hydrogen-bond donors (Lipinski definition) is 1. The van der Waals surface area contributed by atoms with Gasteiger partial charge in [0, 0.05) is 12.7 Å². The summed E-state index contributed by atoms with van der Waals surface area (Å²) in [6.07, 6.45) is 4.43. The van der Waals surface area contributed by atoms with Gasteiger partial charge < -0.3 is 5.32 Å². The highest BCUT2D eigenvalue weighted by atomic mass is 19.1. The fourth-order valence-corrected chi connectivity index (χ4v) is 1.38. The Bertz CT molecular complexity index is 277. The van der Waals surface area contributed by atoms with Crippen molar-refractivity contribution in [3.63, 3.8) is 0 Å². The minimum absolute atomic E-state index is 0.534. The standard InChI is InChI=1S/C10H15FN2/c1-7-4-5-9(8(2)6-7)13-10(11)12-3/h4-5,7H,6H2,1-3H3,(H,12,13). The quantitative estimate of drug-likeness (QED) is 0.376. The van der Waals surface area contributed by atoms with E-state index in [1.165, 1.54) is 12.6 Å². The Balaban J connectivity index is 2.70. The normalized spacial score (nSPS) is 23.7. The molecule has 0 saturated carbocycles. The molecule has 0 saturated heterocycles. The van der Waals surface area contributed by atoms with E-state index in [1.54, 1.807) is 0 Å². The molecule has 0 spiro atoms. The molecule has 0 aromatic rings. The molecule has 0 bridgehead atoms. The molecule has 1 aliphatic rings. The molecule has 72 valence electrons. The summed E-state index contributed by atoms with van der Waals surface area (Å²) in [5, 5.41) is 2.61. The topological polar surface area (TPSA) is 24.4 Å². The summed E-state index contributed by atoms with van der Waals surface area (Å²) in [6.45, 7) is 4.15. The van der Waals surface area contributed by atoms with Gasteiger partial charge in [-0.15, -0.1) is 0 Å². The van der Waals surface area contributed by atoms with E-state index in [0.29, 0.717) is 5.92 Å². The fourth-order valence-electron chi connectivity index (χ4n) is 1.38. The first-order valence-corrected chi connectivity index (χ1v) is 4.40. The molecule has 3 heteroatoms. The molecule has 0 amide bonds. The third-order valence-electron chi connectivity index (χ3n) is 2.11. The van der Waals surface area contributed by atoms with Gasteiger partial charge in [0.25, 0.3) is 6.09 Å². The Morgan fingerprint density at radius 3 is 2.92 bits per heavy atom. The molecule has 1 atom stereocenters. The molecule has 1 unspecified atom stereocenters. The average Bonchev–Trinajstić information content (AvgIpc) is 2.09. The van der Waals surface area contributed by atoms with E-state index < -0.39 is 6.09 Å². The zero-order valence-corrected chi connectivity index (χ0v) is 8.26. The van der Waals surface area contributed by atoms with Gasteiger partial charge in [0.2, 0.25) is 0 Å². The van der Waals surface area contributed by atoms with Crippen molar-refractivity contribution < 1.29 is 4.39 Å². The molecule has 0 aromatic carbocycles. The number of amidine groups is 1. The van der Waals surface area contributed by atoms with E-state index in [9.17, 15) is 4.39 Å². The largest absolute Gasteiger partial charge is 0.316 e. The van der Waals surface area contributed by atoms with Crippen molar-refractivity contribution in [2.24, 2.45) is 10.9 Å². The van der Waals surface area contributed by atoms with Crippen LogP contribution in [0.1, 0.15) is 20.3 Å². The van der Waals surface area contributed by atoms with E-state index >= 15 is 0 Å². The number of nitrogens with one attached hydrogen (secondary N) is 1. The number of allylic oxidation sites excluding steroid dienone is 3. The van der Waals surface area contributed by atoms with Crippen LogP contribution in [0, 0.1) is 5.92 Å². The van der Waals surface area contributed by atoms with Crippen LogP contribution in [0.5, 0.6) is 0 Å². The summed E-state index contributed by atoms with van der Waals surface area (Å²) in [7, 11) is 1.42. The predicted octanol–water partition coefficient (Wildman–Crippen LogP) is 2.40. The van der Waals surface area contributed by atoms with E-state index in [1.807, 2.05) is 13.0 Å². The van der Waals surface area contributed by atoms with Crippen LogP contribution in [-0.2, 0) is 0 Å². The van der Waals surface area contributed by atoms with E-state index in [2.05, 4.69) is 23.3 Å². The van der Waals surface area contributed by atoms with Crippen molar-refractivity contribution in [2.45, 2.75) is 20.3 Å². The fraction of sp³-hybridized carbons (Fsp3) is 0.500. The second-order valence-corrected chi connectivity index (χ2v) is 3.37. The Kier molecular flexibility index (Phi) is 3.23. The lowest BCUT2D eigenvalue weighted by molar-refractivity contribution is 0.683. The van der Waals surface area contributed by atoms with E-state index in [-0.39, 0.29) is 0 Å². The molecular weight excluding hydrogens is 167 g/mol. The lowest BCUT2D eigenvalue weighted by Crippen LogP contribution is -2.20. The van der Waals surface area contributed by atoms with Crippen LogP contribution in [0.4, 0.5) is 4.39 Å². The predicted molar refractivity (Wildman–Crippen MR) is 53.2 cm³/mol. The summed E-state index contributed by atoms with van der Waals surface area (Å²) in [5.74, 6) is 0.548. The van der Waals surface area contributed by atoms with E-state index in [0.717, 1.165) is 12.1 Å². The maximum atomic E-state index is 12.8. The second kappa shape index (κ2) is 4.21. The molecule has 0 heterocycles. The van der Waals surface area contributed by atoms with Gasteiger partial charge in [-0.2, -0.15) is 4.39 Å². The summed E-state index contributed by atoms with van der Waals surface area (Å²) in [4.78, 5) is 3.41. The molecule has 1 N–H and O–H groups in total. The maximum absolute atomic E-state index is 12.8. The number of aliphatic imine (C=N–C) groups is 1. The zero-order valence-electron chi connectivity index (χ0n) is 8.26. The third kappa shape index (κ3) is 2.68. The average molecular weight is 182 g/mol.